The number of aromatic nitrogens is 1. The summed E-state index contributed by atoms with van der Waals surface area (Å²) in [4.78, 5) is 0. The molecule has 3 heterocycles. The lowest BCUT2D eigenvalue weighted by Crippen LogP contribution is -2.78. The van der Waals surface area contributed by atoms with Gasteiger partial charge in [0.15, 0.2) is 0 Å². The Morgan fingerprint density at radius 2 is 1.61 bits per heavy atom. The maximum atomic E-state index is 6.81. The minimum Gasteiger partial charge on any atom is -0.458 e. The van der Waals surface area contributed by atoms with Gasteiger partial charge in [-0.25, -0.2) is 0 Å². The zero-order valence-corrected chi connectivity index (χ0v) is 23.3. The Hall–Kier alpha value is -3.50. The van der Waals surface area contributed by atoms with Gasteiger partial charge in [-0.1, -0.05) is 102 Å². The first kappa shape index (κ1) is 22.5. The lowest BCUT2D eigenvalue weighted by molar-refractivity contribution is 0.487. The van der Waals surface area contributed by atoms with Gasteiger partial charge in [0, 0.05) is 22.8 Å². The highest BCUT2D eigenvalue weighted by Gasteiger charge is 2.46. The standard InChI is InChI=1S/C34H32BNOSi/c1-3-38(2)32-18-10-8-14-27(32)35-26-21-20-23(22-31(26)37-30-17-11-19-33(38)34(30)35)36-28-15-6-4-5-12-24(28)25-13-7-9-16-29(25)36/h7-11,13-14,16-22H,3-6,12,15H2,1-2H3. The normalized spacial score (nSPS) is 19.2. The number of fused-ring (bicyclic) bond motifs is 7. The second-order valence-corrected chi connectivity index (χ2v) is 16.0. The van der Waals surface area contributed by atoms with Crippen LogP contribution in [0.2, 0.25) is 12.6 Å². The van der Waals surface area contributed by atoms with E-state index in [0.717, 1.165) is 17.9 Å². The molecular formula is C34H32BNOSi. The highest BCUT2D eigenvalue weighted by Crippen LogP contribution is 2.36. The molecule has 0 fully saturated rings. The van der Waals surface area contributed by atoms with Gasteiger partial charge < -0.3 is 9.30 Å². The van der Waals surface area contributed by atoms with Crippen molar-refractivity contribution in [2.24, 2.45) is 0 Å². The Balaban J connectivity index is 1.35. The van der Waals surface area contributed by atoms with Crippen molar-refractivity contribution in [2.75, 3.05) is 0 Å². The van der Waals surface area contributed by atoms with Gasteiger partial charge in [0.1, 0.15) is 19.6 Å². The molecule has 1 aromatic heterocycles. The van der Waals surface area contributed by atoms with Gasteiger partial charge in [0.05, 0.1) is 5.52 Å². The summed E-state index contributed by atoms with van der Waals surface area (Å²) in [6.07, 6.45) is 6.19. The molecule has 0 spiro atoms. The third-order valence-electron chi connectivity index (χ3n) is 9.74. The predicted octanol–water partition coefficient (Wildman–Crippen LogP) is 5.05. The van der Waals surface area contributed by atoms with Crippen LogP contribution in [0.1, 0.15) is 37.4 Å². The van der Waals surface area contributed by atoms with E-state index in [0.29, 0.717) is 0 Å². The van der Waals surface area contributed by atoms with Gasteiger partial charge >= 0.3 is 0 Å². The molecule has 0 N–H and O–H groups in total. The fourth-order valence-electron chi connectivity index (χ4n) is 7.74. The first-order valence-electron chi connectivity index (χ1n) is 14.3. The molecule has 0 saturated carbocycles. The van der Waals surface area contributed by atoms with Crippen molar-refractivity contribution in [1.82, 2.24) is 4.57 Å². The van der Waals surface area contributed by atoms with Crippen LogP contribution in [0.15, 0.2) is 84.9 Å². The molecule has 5 aromatic rings. The molecule has 1 unspecified atom stereocenters. The van der Waals surface area contributed by atoms with Crippen molar-refractivity contribution < 1.29 is 4.74 Å². The summed E-state index contributed by atoms with van der Waals surface area (Å²) in [6, 6.07) is 33.2. The molecule has 0 radical (unpaired) electrons. The minimum absolute atomic E-state index is 0.237. The first-order chi connectivity index (χ1) is 18.7. The maximum absolute atomic E-state index is 6.81. The summed E-state index contributed by atoms with van der Waals surface area (Å²) < 4.78 is 9.33. The molecule has 1 aliphatic carbocycles. The number of nitrogens with zero attached hydrogens (tertiary/aromatic N) is 1. The molecule has 38 heavy (non-hydrogen) atoms. The molecule has 3 aliphatic rings. The topological polar surface area (TPSA) is 14.2 Å². The predicted molar refractivity (Wildman–Crippen MR) is 164 cm³/mol. The van der Waals surface area contributed by atoms with E-state index in [1.807, 2.05) is 0 Å². The molecule has 2 nitrogen and oxygen atoms in total. The Kier molecular flexibility index (Phi) is 4.88. The summed E-state index contributed by atoms with van der Waals surface area (Å²) in [7, 11) is -1.82. The highest BCUT2D eigenvalue weighted by atomic mass is 28.3. The average molecular weight is 510 g/mol. The van der Waals surface area contributed by atoms with E-state index in [2.05, 4.69) is 103 Å². The number of hydrogen-bond acceptors (Lipinski definition) is 1. The summed E-state index contributed by atoms with van der Waals surface area (Å²) in [6.45, 7) is 5.15. The lowest BCUT2D eigenvalue weighted by Gasteiger charge is -2.41. The smallest absolute Gasteiger partial charge is 0.250 e. The molecule has 4 heteroatoms. The zero-order valence-electron chi connectivity index (χ0n) is 22.3. The van der Waals surface area contributed by atoms with Gasteiger partial charge in [0.2, 0.25) is 0 Å². The quantitative estimate of drug-likeness (QED) is 0.236. The van der Waals surface area contributed by atoms with Crippen molar-refractivity contribution in [3.8, 4) is 17.2 Å². The monoisotopic (exact) mass is 509 g/mol. The number of aryl methyl sites for hydroxylation is 1. The van der Waals surface area contributed by atoms with E-state index >= 15 is 0 Å². The second-order valence-electron chi connectivity index (χ2n) is 11.6. The fourth-order valence-corrected chi connectivity index (χ4v) is 11.4. The molecule has 0 amide bonds. The molecule has 8 rings (SSSR count). The van der Waals surface area contributed by atoms with Crippen LogP contribution in [0.5, 0.6) is 11.5 Å². The largest absolute Gasteiger partial charge is 0.458 e. The summed E-state index contributed by atoms with van der Waals surface area (Å²) in [5.74, 6) is 2.06. The van der Waals surface area contributed by atoms with Crippen LogP contribution in [-0.2, 0) is 12.8 Å². The van der Waals surface area contributed by atoms with Crippen molar-refractivity contribution in [2.45, 2.75) is 51.6 Å². The van der Waals surface area contributed by atoms with Gasteiger partial charge in [-0.2, -0.15) is 0 Å². The molecular weight excluding hydrogens is 477 g/mol. The van der Waals surface area contributed by atoms with Crippen LogP contribution in [-0.4, -0.2) is 19.4 Å². The van der Waals surface area contributed by atoms with Crippen molar-refractivity contribution in [3.05, 3.63) is 96.2 Å². The molecule has 186 valence electrons. The number of para-hydroxylation sites is 1. The van der Waals surface area contributed by atoms with Crippen molar-refractivity contribution in [3.63, 3.8) is 0 Å². The van der Waals surface area contributed by atoms with E-state index < -0.39 is 8.07 Å². The molecule has 0 bridgehead atoms. The highest BCUT2D eigenvalue weighted by molar-refractivity contribution is 7.14. The Labute approximate surface area is 226 Å². The van der Waals surface area contributed by atoms with Crippen LogP contribution in [0, 0.1) is 0 Å². The number of hydrogen-bond donors (Lipinski definition) is 0. The third kappa shape index (κ3) is 2.95. The number of benzene rings is 4. The van der Waals surface area contributed by atoms with E-state index in [4.69, 9.17) is 4.74 Å². The van der Waals surface area contributed by atoms with Gasteiger partial charge in [0.25, 0.3) is 6.71 Å². The van der Waals surface area contributed by atoms with Crippen LogP contribution in [0.3, 0.4) is 0 Å². The SMILES string of the molecule is CC[Si]1(C)c2ccccc2B2c3ccc(-n4c5c(c6ccccc64)CCCCC5)cc3Oc3cccc1c32. The molecule has 1 atom stereocenters. The maximum Gasteiger partial charge on any atom is 0.250 e. The van der Waals surface area contributed by atoms with E-state index in [1.165, 1.54) is 70.4 Å². The Morgan fingerprint density at radius 3 is 2.53 bits per heavy atom. The van der Waals surface area contributed by atoms with Crippen LogP contribution in [0.25, 0.3) is 16.6 Å². The van der Waals surface area contributed by atoms with Crippen molar-refractivity contribution in [1.29, 1.82) is 0 Å². The van der Waals surface area contributed by atoms with Gasteiger partial charge in [-0.05, 0) is 60.4 Å². The Morgan fingerprint density at radius 1 is 0.789 bits per heavy atom. The first-order valence-corrected chi connectivity index (χ1v) is 17.1. The number of rotatable bonds is 2. The third-order valence-corrected chi connectivity index (χ3v) is 14.4. The van der Waals surface area contributed by atoms with Crippen LogP contribution >= 0.6 is 0 Å². The molecule has 0 saturated heterocycles. The minimum atomic E-state index is -1.82. The van der Waals surface area contributed by atoms with E-state index in [-0.39, 0.29) is 6.71 Å². The van der Waals surface area contributed by atoms with E-state index in [1.54, 1.807) is 15.9 Å². The molecule has 4 aromatic carbocycles. The van der Waals surface area contributed by atoms with Crippen molar-refractivity contribution >= 4 is 52.5 Å². The van der Waals surface area contributed by atoms with Gasteiger partial charge in [-0.3, -0.25) is 0 Å². The van der Waals surface area contributed by atoms with Gasteiger partial charge in [-0.15, -0.1) is 0 Å². The Bertz CT molecular complexity index is 1750. The van der Waals surface area contributed by atoms with Crippen LogP contribution < -0.4 is 31.5 Å². The van der Waals surface area contributed by atoms with Crippen LogP contribution in [0.4, 0.5) is 0 Å². The lowest BCUT2D eigenvalue weighted by atomic mass is 9.35. The summed E-state index contributed by atoms with van der Waals surface area (Å²) >= 11 is 0. The summed E-state index contributed by atoms with van der Waals surface area (Å²) in [5, 5.41) is 4.57. The summed E-state index contributed by atoms with van der Waals surface area (Å²) in [5.41, 5.74) is 9.80. The average Bonchev–Trinajstić information content (AvgIpc) is 3.08. The number of ether oxygens (including phenoxy) is 1. The molecule has 2 aliphatic heterocycles. The fraction of sp³-hybridized carbons (Fsp3) is 0.235. The van der Waals surface area contributed by atoms with E-state index in [9.17, 15) is 0 Å². The second kappa shape index (κ2) is 8.25. The zero-order chi connectivity index (χ0) is 25.4.